The second kappa shape index (κ2) is 7.70. The number of carbonyl (C=O) groups excluding carboxylic acids is 1. The molecular formula is C19H21N3O. The molecule has 0 atom stereocenters. The summed E-state index contributed by atoms with van der Waals surface area (Å²) in [5, 5.41) is 2.98. The molecule has 0 radical (unpaired) electrons. The van der Waals surface area contributed by atoms with Gasteiger partial charge in [-0.15, -0.1) is 0 Å². The molecule has 4 nitrogen and oxygen atoms in total. The molecule has 118 valence electrons. The summed E-state index contributed by atoms with van der Waals surface area (Å²) < 4.78 is 0. The van der Waals surface area contributed by atoms with E-state index in [4.69, 9.17) is 0 Å². The Balaban J connectivity index is 1.65. The quantitative estimate of drug-likeness (QED) is 0.862. The maximum absolute atomic E-state index is 12.1. The van der Waals surface area contributed by atoms with Crippen LogP contribution in [0.2, 0.25) is 0 Å². The molecule has 1 saturated heterocycles. The molecule has 1 N–H and O–H groups in total. The standard InChI is InChI=1S/C19H21N3O/c23-19(10-9-16-6-5-11-20-14-16)21-18-8-2-1-7-17(18)15-22-12-3-4-13-22/h1-2,5-11,14H,3-4,12-13,15H2,(H,21,23)/b10-9-. The number of nitrogens with one attached hydrogen (secondary N) is 1. The highest BCUT2D eigenvalue weighted by Gasteiger charge is 2.13. The first-order valence-electron chi connectivity index (χ1n) is 8.00. The average Bonchev–Trinajstić information content (AvgIpc) is 3.09. The smallest absolute Gasteiger partial charge is 0.248 e. The topological polar surface area (TPSA) is 45.2 Å². The number of anilines is 1. The van der Waals surface area contributed by atoms with Crippen molar-refractivity contribution in [2.24, 2.45) is 0 Å². The number of aromatic nitrogens is 1. The Morgan fingerprint density at radius 2 is 2.00 bits per heavy atom. The van der Waals surface area contributed by atoms with E-state index in [0.717, 1.165) is 36.4 Å². The fourth-order valence-electron chi connectivity index (χ4n) is 2.78. The first kappa shape index (κ1) is 15.4. The second-order valence-corrected chi connectivity index (χ2v) is 5.75. The summed E-state index contributed by atoms with van der Waals surface area (Å²) >= 11 is 0. The Bertz CT molecular complexity index is 676. The van der Waals surface area contributed by atoms with Crippen LogP contribution in [0.3, 0.4) is 0 Å². The molecule has 4 heteroatoms. The molecule has 23 heavy (non-hydrogen) atoms. The number of pyridine rings is 1. The minimum absolute atomic E-state index is 0.122. The monoisotopic (exact) mass is 307 g/mol. The van der Waals surface area contributed by atoms with Gasteiger partial charge in [0.1, 0.15) is 0 Å². The van der Waals surface area contributed by atoms with Gasteiger partial charge >= 0.3 is 0 Å². The maximum Gasteiger partial charge on any atom is 0.248 e. The minimum atomic E-state index is -0.122. The molecule has 1 aromatic heterocycles. The molecule has 2 heterocycles. The normalized spacial score (nSPS) is 15.1. The lowest BCUT2D eigenvalue weighted by molar-refractivity contribution is -0.111. The maximum atomic E-state index is 12.1. The van der Waals surface area contributed by atoms with E-state index in [1.807, 2.05) is 30.3 Å². The number of hydrogen-bond acceptors (Lipinski definition) is 3. The van der Waals surface area contributed by atoms with Gasteiger partial charge in [0.05, 0.1) is 0 Å². The Morgan fingerprint density at radius 3 is 2.78 bits per heavy atom. The second-order valence-electron chi connectivity index (χ2n) is 5.75. The lowest BCUT2D eigenvalue weighted by Gasteiger charge is -2.17. The zero-order chi connectivity index (χ0) is 15.9. The highest BCUT2D eigenvalue weighted by Crippen LogP contribution is 2.20. The van der Waals surface area contributed by atoms with Crippen molar-refractivity contribution in [3.63, 3.8) is 0 Å². The van der Waals surface area contributed by atoms with Crippen molar-refractivity contribution < 1.29 is 4.79 Å². The summed E-state index contributed by atoms with van der Waals surface area (Å²) in [5.74, 6) is -0.122. The van der Waals surface area contributed by atoms with Crippen molar-refractivity contribution in [3.05, 3.63) is 66.0 Å². The van der Waals surface area contributed by atoms with Crippen molar-refractivity contribution in [1.29, 1.82) is 0 Å². The predicted molar refractivity (Wildman–Crippen MR) is 92.9 cm³/mol. The Morgan fingerprint density at radius 1 is 1.17 bits per heavy atom. The van der Waals surface area contributed by atoms with Crippen LogP contribution in [-0.2, 0) is 11.3 Å². The zero-order valence-electron chi connectivity index (χ0n) is 13.1. The summed E-state index contributed by atoms with van der Waals surface area (Å²) in [5.41, 5.74) is 2.96. The van der Waals surface area contributed by atoms with Crippen molar-refractivity contribution in [2.75, 3.05) is 18.4 Å². The molecule has 1 amide bonds. The van der Waals surface area contributed by atoms with Crippen molar-refractivity contribution >= 4 is 17.7 Å². The highest BCUT2D eigenvalue weighted by atomic mass is 16.1. The highest BCUT2D eigenvalue weighted by molar-refractivity contribution is 6.02. The van der Waals surface area contributed by atoms with Crippen LogP contribution in [0.5, 0.6) is 0 Å². The van der Waals surface area contributed by atoms with Crippen LogP contribution in [0, 0.1) is 0 Å². The Hall–Kier alpha value is -2.46. The van der Waals surface area contributed by atoms with Crippen LogP contribution >= 0.6 is 0 Å². The number of para-hydroxylation sites is 1. The minimum Gasteiger partial charge on any atom is -0.322 e. The van der Waals surface area contributed by atoms with E-state index in [-0.39, 0.29) is 5.91 Å². The molecule has 0 spiro atoms. The summed E-state index contributed by atoms with van der Waals surface area (Å²) in [6.07, 6.45) is 9.29. The molecule has 3 rings (SSSR count). The fraction of sp³-hybridized carbons (Fsp3) is 0.263. The average molecular weight is 307 g/mol. The van der Waals surface area contributed by atoms with E-state index >= 15 is 0 Å². The van der Waals surface area contributed by atoms with Crippen LogP contribution in [0.4, 0.5) is 5.69 Å². The van der Waals surface area contributed by atoms with Gasteiger partial charge in [-0.1, -0.05) is 24.3 Å². The van der Waals surface area contributed by atoms with E-state index < -0.39 is 0 Å². The Labute approximate surface area is 136 Å². The molecule has 1 aliphatic heterocycles. The van der Waals surface area contributed by atoms with E-state index in [9.17, 15) is 4.79 Å². The first-order valence-corrected chi connectivity index (χ1v) is 8.00. The van der Waals surface area contributed by atoms with Gasteiger partial charge in [0.15, 0.2) is 0 Å². The fourth-order valence-corrected chi connectivity index (χ4v) is 2.78. The molecule has 0 unspecified atom stereocenters. The third-order valence-corrected chi connectivity index (χ3v) is 3.98. The molecule has 1 aromatic carbocycles. The summed E-state index contributed by atoms with van der Waals surface area (Å²) in [6, 6.07) is 11.8. The van der Waals surface area contributed by atoms with Crippen molar-refractivity contribution in [1.82, 2.24) is 9.88 Å². The van der Waals surface area contributed by atoms with Gasteiger partial charge in [-0.2, -0.15) is 0 Å². The number of amides is 1. The number of benzene rings is 1. The summed E-state index contributed by atoms with van der Waals surface area (Å²) in [6.45, 7) is 3.18. The van der Waals surface area contributed by atoms with Gasteiger partial charge in [0.2, 0.25) is 5.91 Å². The molecule has 0 bridgehead atoms. The Kier molecular flexibility index (Phi) is 5.17. The first-order chi connectivity index (χ1) is 11.3. The van der Waals surface area contributed by atoms with Crippen LogP contribution < -0.4 is 5.32 Å². The van der Waals surface area contributed by atoms with E-state index in [1.54, 1.807) is 24.5 Å². The van der Waals surface area contributed by atoms with Gasteiger partial charge in [-0.25, -0.2) is 0 Å². The van der Waals surface area contributed by atoms with Crippen LogP contribution in [0.25, 0.3) is 6.08 Å². The molecular weight excluding hydrogens is 286 g/mol. The number of rotatable bonds is 5. The third-order valence-electron chi connectivity index (χ3n) is 3.98. The predicted octanol–water partition coefficient (Wildman–Crippen LogP) is 3.33. The van der Waals surface area contributed by atoms with Gasteiger partial charge < -0.3 is 5.32 Å². The molecule has 0 aliphatic carbocycles. The van der Waals surface area contributed by atoms with Gasteiger partial charge in [0.25, 0.3) is 0 Å². The lowest BCUT2D eigenvalue weighted by atomic mass is 10.1. The van der Waals surface area contributed by atoms with Crippen LogP contribution in [0.1, 0.15) is 24.0 Å². The zero-order valence-corrected chi connectivity index (χ0v) is 13.1. The number of likely N-dealkylation sites (tertiary alicyclic amines) is 1. The van der Waals surface area contributed by atoms with E-state index in [2.05, 4.69) is 21.3 Å². The molecule has 2 aromatic rings. The lowest BCUT2D eigenvalue weighted by Crippen LogP contribution is -2.20. The molecule has 1 aliphatic rings. The van der Waals surface area contributed by atoms with Gasteiger partial charge in [-0.05, 0) is 55.3 Å². The van der Waals surface area contributed by atoms with E-state index in [0.29, 0.717) is 0 Å². The number of nitrogens with zero attached hydrogens (tertiary/aromatic N) is 2. The summed E-state index contributed by atoms with van der Waals surface area (Å²) in [7, 11) is 0. The number of carbonyl (C=O) groups is 1. The van der Waals surface area contributed by atoms with Crippen LogP contribution in [0.15, 0.2) is 54.9 Å². The van der Waals surface area contributed by atoms with Gasteiger partial charge in [-0.3, -0.25) is 14.7 Å². The third kappa shape index (κ3) is 4.50. The summed E-state index contributed by atoms with van der Waals surface area (Å²) in [4.78, 5) is 18.6. The largest absolute Gasteiger partial charge is 0.322 e. The molecule has 0 saturated carbocycles. The van der Waals surface area contributed by atoms with Gasteiger partial charge in [0, 0.05) is 30.7 Å². The van der Waals surface area contributed by atoms with E-state index in [1.165, 1.54) is 12.8 Å². The van der Waals surface area contributed by atoms with Crippen molar-refractivity contribution in [3.8, 4) is 0 Å². The number of hydrogen-bond donors (Lipinski definition) is 1. The molecule has 1 fully saturated rings. The van der Waals surface area contributed by atoms with Crippen molar-refractivity contribution in [2.45, 2.75) is 19.4 Å². The van der Waals surface area contributed by atoms with Crippen LogP contribution in [-0.4, -0.2) is 28.9 Å². The SMILES string of the molecule is O=C(/C=C\c1cccnc1)Nc1ccccc1CN1CCCC1.